The quantitative estimate of drug-likeness (QED) is 0.883. The third-order valence-electron chi connectivity index (χ3n) is 3.27. The minimum Gasteiger partial charge on any atom is -0.395 e. The van der Waals surface area contributed by atoms with E-state index in [1.165, 1.54) is 0 Å². The average Bonchev–Trinajstić information content (AvgIpc) is 2.89. The van der Waals surface area contributed by atoms with Gasteiger partial charge in [0.25, 0.3) is 0 Å². The van der Waals surface area contributed by atoms with E-state index in [9.17, 15) is 5.11 Å². The normalized spacial score (nSPS) is 12.0. The second-order valence-electron chi connectivity index (χ2n) is 6.26. The fourth-order valence-corrected chi connectivity index (χ4v) is 2.17. The fourth-order valence-electron chi connectivity index (χ4n) is 2.17. The average molecular weight is 288 g/mol. The van der Waals surface area contributed by atoms with E-state index in [2.05, 4.69) is 48.0 Å². The molecule has 0 atom stereocenters. The Labute approximate surface area is 126 Å². The summed E-state index contributed by atoms with van der Waals surface area (Å²) in [7, 11) is 0. The number of aliphatic hydroxyl groups is 1. The standard InChI is InChI=1S/C16H24N4O/c1-16(2,3)20-13-15(10-18-20)12-19(7-8-21)11-14-5-4-6-17-9-14/h4-6,9-10,13,21H,7-8,11-12H2,1-3H3. The molecule has 0 radical (unpaired) electrons. The maximum Gasteiger partial charge on any atom is 0.0558 e. The Kier molecular flexibility index (Phi) is 5.09. The maximum atomic E-state index is 9.25. The first kappa shape index (κ1) is 15.7. The summed E-state index contributed by atoms with van der Waals surface area (Å²) in [5, 5.41) is 13.7. The zero-order valence-electron chi connectivity index (χ0n) is 13.0. The molecular formula is C16H24N4O. The summed E-state index contributed by atoms with van der Waals surface area (Å²) in [5.74, 6) is 0. The van der Waals surface area contributed by atoms with Gasteiger partial charge in [0.15, 0.2) is 0 Å². The lowest BCUT2D eigenvalue weighted by Crippen LogP contribution is -2.26. The van der Waals surface area contributed by atoms with E-state index in [1.54, 1.807) is 6.20 Å². The van der Waals surface area contributed by atoms with Gasteiger partial charge < -0.3 is 5.11 Å². The summed E-state index contributed by atoms with van der Waals surface area (Å²) >= 11 is 0. The molecule has 2 rings (SSSR count). The first-order chi connectivity index (χ1) is 9.99. The summed E-state index contributed by atoms with van der Waals surface area (Å²) in [6, 6.07) is 3.99. The molecule has 0 fully saturated rings. The third kappa shape index (κ3) is 4.65. The summed E-state index contributed by atoms with van der Waals surface area (Å²) in [6.07, 6.45) is 7.61. The fraction of sp³-hybridized carbons (Fsp3) is 0.500. The Morgan fingerprint density at radius 1 is 1.19 bits per heavy atom. The van der Waals surface area contributed by atoms with Crippen LogP contribution in [0.15, 0.2) is 36.9 Å². The van der Waals surface area contributed by atoms with E-state index in [-0.39, 0.29) is 12.1 Å². The van der Waals surface area contributed by atoms with Gasteiger partial charge in [-0.2, -0.15) is 5.10 Å². The van der Waals surface area contributed by atoms with Crippen molar-refractivity contribution in [1.29, 1.82) is 0 Å². The largest absolute Gasteiger partial charge is 0.395 e. The lowest BCUT2D eigenvalue weighted by molar-refractivity contribution is 0.184. The van der Waals surface area contributed by atoms with Crippen LogP contribution in [0.5, 0.6) is 0 Å². The minimum atomic E-state index is -0.0105. The Balaban J connectivity index is 2.04. The van der Waals surface area contributed by atoms with Crippen LogP contribution in [0.1, 0.15) is 31.9 Å². The van der Waals surface area contributed by atoms with Crippen molar-refractivity contribution in [2.75, 3.05) is 13.2 Å². The molecule has 5 heteroatoms. The Bertz CT molecular complexity index is 545. The lowest BCUT2D eigenvalue weighted by Gasteiger charge is -2.21. The van der Waals surface area contributed by atoms with Gasteiger partial charge >= 0.3 is 0 Å². The van der Waals surface area contributed by atoms with Gasteiger partial charge in [-0.05, 0) is 32.4 Å². The molecule has 2 aromatic heterocycles. The molecule has 1 N–H and O–H groups in total. The molecule has 2 heterocycles. The van der Waals surface area contributed by atoms with E-state index in [0.717, 1.165) is 24.2 Å². The van der Waals surface area contributed by atoms with Crippen LogP contribution in [0.3, 0.4) is 0 Å². The number of aliphatic hydroxyl groups excluding tert-OH is 1. The number of hydrogen-bond acceptors (Lipinski definition) is 4. The molecular weight excluding hydrogens is 264 g/mol. The van der Waals surface area contributed by atoms with Crippen LogP contribution >= 0.6 is 0 Å². The lowest BCUT2D eigenvalue weighted by atomic mass is 10.1. The molecule has 21 heavy (non-hydrogen) atoms. The molecule has 0 amide bonds. The van der Waals surface area contributed by atoms with Crippen molar-refractivity contribution in [3.8, 4) is 0 Å². The molecule has 0 aliphatic carbocycles. The van der Waals surface area contributed by atoms with Crippen LogP contribution in [-0.4, -0.2) is 37.9 Å². The zero-order valence-corrected chi connectivity index (χ0v) is 13.0. The molecule has 114 valence electrons. The van der Waals surface area contributed by atoms with Gasteiger partial charge in [-0.15, -0.1) is 0 Å². The van der Waals surface area contributed by atoms with E-state index >= 15 is 0 Å². The number of aromatic nitrogens is 3. The topological polar surface area (TPSA) is 54.2 Å². The van der Waals surface area contributed by atoms with Gasteiger partial charge in [-0.1, -0.05) is 6.07 Å². The Morgan fingerprint density at radius 3 is 2.52 bits per heavy atom. The first-order valence-electron chi connectivity index (χ1n) is 7.25. The molecule has 2 aromatic rings. The molecule has 0 aliphatic heterocycles. The third-order valence-corrected chi connectivity index (χ3v) is 3.27. The molecule has 0 saturated heterocycles. The van der Waals surface area contributed by atoms with Gasteiger partial charge in [0.2, 0.25) is 0 Å². The van der Waals surface area contributed by atoms with Crippen LogP contribution in [0.4, 0.5) is 0 Å². The second kappa shape index (κ2) is 6.83. The number of pyridine rings is 1. The maximum absolute atomic E-state index is 9.25. The second-order valence-corrected chi connectivity index (χ2v) is 6.26. The Morgan fingerprint density at radius 2 is 1.95 bits per heavy atom. The number of hydrogen-bond donors (Lipinski definition) is 1. The van der Waals surface area contributed by atoms with Crippen molar-refractivity contribution in [3.05, 3.63) is 48.0 Å². The minimum absolute atomic E-state index is 0.0105. The molecule has 0 bridgehead atoms. The predicted molar refractivity (Wildman–Crippen MR) is 82.7 cm³/mol. The molecule has 0 spiro atoms. The smallest absolute Gasteiger partial charge is 0.0558 e. The van der Waals surface area contributed by atoms with Crippen molar-refractivity contribution in [3.63, 3.8) is 0 Å². The molecule has 0 unspecified atom stereocenters. The van der Waals surface area contributed by atoms with Crippen molar-refractivity contribution in [2.45, 2.75) is 39.4 Å². The molecule has 0 saturated carbocycles. The van der Waals surface area contributed by atoms with Crippen molar-refractivity contribution >= 4 is 0 Å². The highest BCUT2D eigenvalue weighted by molar-refractivity contribution is 5.10. The van der Waals surface area contributed by atoms with Crippen LogP contribution < -0.4 is 0 Å². The van der Waals surface area contributed by atoms with Gasteiger partial charge in [0.05, 0.1) is 18.3 Å². The number of nitrogens with zero attached hydrogens (tertiary/aromatic N) is 4. The SMILES string of the molecule is CC(C)(C)n1cc(CN(CCO)Cc2cccnc2)cn1. The monoisotopic (exact) mass is 288 g/mol. The van der Waals surface area contributed by atoms with E-state index in [1.807, 2.05) is 23.1 Å². The van der Waals surface area contributed by atoms with Gasteiger partial charge in [0, 0.05) is 43.8 Å². The highest BCUT2D eigenvalue weighted by Crippen LogP contribution is 2.15. The molecule has 0 aromatic carbocycles. The van der Waals surface area contributed by atoms with Gasteiger partial charge in [-0.25, -0.2) is 0 Å². The van der Waals surface area contributed by atoms with Crippen molar-refractivity contribution in [2.24, 2.45) is 0 Å². The Hall–Kier alpha value is -1.72. The zero-order chi connectivity index (χ0) is 15.3. The number of rotatable bonds is 6. The summed E-state index contributed by atoms with van der Waals surface area (Å²) in [5.41, 5.74) is 2.29. The summed E-state index contributed by atoms with van der Waals surface area (Å²) in [6.45, 7) is 8.71. The van der Waals surface area contributed by atoms with Crippen molar-refractivity contribution < 1.29 is 5.11 Å². The summed E-state index contributed by atoms with van der Waals surface area (Å²) < 4.78 is 1.98. The summed E-state index contributed by atoms with van der Waals surface area (Å²) in [4.78, 5) is 6.33. The van der Waals surface area contributed by atoms with Gasteiger partial charge in [0.1, 0.15) is 0 Å². The highest BCUT2D eigenvalue weighted by atomic mass is 16.3. The van der Waals surface area contributed by atoms with E-state index in [4.69, 9.17) is 0 Å². The van der Waals surface area contributed by atoms with Crippen LogP contribution in [-0.2, 0) is 18.6 Å². The van der Waals surface area contributed by atoms with Gasteiger partial charge in [-0.3, -0.25) is 14.6 Å². The van der Waals surface area contributed by atoms with Crippen LogP contribution in [0, 0.1) is 0 Å². The predicted octanol–water partition coefficient (Wildman–Crippen LogP) is 2.03. The van der Waals surface area contributed by atoms with Crippen molar-refractivity contribution in [1.82, 2.24) is 19.7 Å². The van der Waals surface area contributed by atoms with E-state index in [0.29, 0.717) is 6.54 Å². The van der Waals surface area contributed by atoms with E-state index < -0.39 is 0 Å². The molecule has 5 nitrogen and oxygen atoms in total. The first-order valence-corrected chi connectivity index (χ1v) is 7.25. The molecule has 0 aliphatic rings. The highest BCUT2D eigenvalue weighted by Gasteiger charge is 2.15. The van der Waals surface area contributed by atoms with Crippen LogP contribution in [0.25, 0.3) is 0 Å². The van der Waals surface area contributed by atoms with Crippen LogP contribution in [0.2, 0.25) is 0 Å².